The van der Waals surface area contributed by atoms with Crippen LogP contribution in [0, 0.1) is 0 Å². The Hall–Kier alpha value is -1.26. The lowest BCUT2D eigenvalue weighted by Crippen LogP contribution is -2.59. The Balaban J connectivity index is 3.31. The van der Waals surface area contributed by atoms with E-state index in [4.69, 9.17) is 33.2 Å². The summed E-state index contributed by atoms with van der Waals surface area (Å²) in [5, 5.41) is 11.5. The van der Waals surface area contributed by atoms with Crippen molar-refractivity contribution < 1.29 is 38.3 Å². The van der Waals surface area contributed by atoms with Crippen molar-refractivity contribution in [1.82, 2.24) is 0 Å². The van der Waals surface area contributed by atoms with Gasteiger partial charge in [0.2, 0.25) is 5.79 Å². The fourth-order valence-electron chi connectivity index (χ4n) is 6.51. The van der Waals surface area contributed by atoms with Crippen molar-refractivity contribution in [3.8, 4) is 5.75 Å². The summed E-state index contributed by atoms with van der Waals surface area (Å²) < 4.78 is 44.2. The predicted octanol–water partition coefficient (Wildman–Crippen LogP) is 9.78. The minimum atomic E-state index is -1.45. The lowest BCUT2D eigenvalue weighted by Gasteiger charge is -2.49. The molecule has 0 fully saturated rings. The highest BCUT2D eigenvalue weighted by atomic mass is 16.9. The van der Waals surface area contributed by atoms with Crippen molar-refractivity contribution in [2.75, 3.05) is 46.2 Å². The van der Waals surface area contributed by atoms with Gasteiger partial charge < -0.3 is 38.3 Å². The second kappa shape index (κ2) is 24.8. The fraction of sp³-hybridized carbons (Fsp3) is 0.842. The molecule has 0 radical (unpaired) electrons. The molecule has 46 heavy (non-hydrogen) atoms. The number of aromatic hydroxyl groups is 1. The maximum atomic E-state index is 11.5. The Morgan fingerprint density at radius 2 is 0.957 bits per heavy atom. The van der Waals surface area contributed by atoms with E-state index in [1.165, 1.54) is 32.1 Å². The normalized spacial score (nSPS) is 12.7. The van der Waals surface area contributed by atoms with Gasteiger partial charge in [-0.25, -0.2) is 0 Å². The molecular formula is C38H70O8. The van der Waals surface area contributed by atoms with Crippen LogP contribution in [0.4, 0.5) is 0 Å². The Kier molecular flexibility index (Phi) is 23.1. The SMILES string of the molecule is CCCCCCCCCc1cccc(O)c1C(OCC)(OCC)C(CCCCCCC(OCC)(OCC)OCC)(OCC)OCC. The van der Waals surface area contributed by atoms with Gasteiger partial charge in [0, 0.05) is 59.1 Å². The Morgan fingerprint density at radius 1 is 0.500 bits per heavy atom. The Labute approximate surface area is 282 Å². The second-order valence-electron chi connectivity index (χ2n) is 11.7. The Bertz CT molecular complexity index is 847. The van der Waals surface area contributed by atoms with Crippen LogP contribution in [0.15, 0.2) is 18.2 Å². The maximum absolute atomic E-state index is 11.5. The van der Waals surface area contributed by atoms with Crippen LogP contribution in [-0.4, -0.2) is 63.1 Å². The molecule has 1 N–H and O–H groups in total. The first-order valence-electron chi connectivity index (χ1n) is 18.6. The van der Waals surface area contributed by atoms with E-state index < -0.39 is 17.5 Å². The molecule has 0 aliphatic rings. The van der Waals surface area contributed by atoms with E-state index >= 15 is 0 Å². The van der Waals surface area contributed by atoms with Crippen molar-refractivity contribution in [2.24, 2.45) is 0 Å². The van der Waals surface area contributed by atoms with Gasteiger partial charge in [-0.15, -0.1) is 0 Å². The molecule has 0 bridgehead atoms. The average Bonchev–Trinajstić information content (AvgIpc) is 3.03. The molecule has 1 aromatic carbocycles. The summed E-state index contributed by atoms with van der Waals surface area (Å²) in [6, 6.07) is 5.72. The topological polar surface area (TPSA) is 84.8 Å². The van der Waals surface area contributed by atoms with E-state index in [9.17, 15) is 5.11 Å². The number of unbranched alkanes of at least 4 members (excludes halogenated alkanes) is 9. The van der Waals surface area contributed by atoms with E-state index in [1.807, 2.05) is 54.5 Å². The molecule has 0 amide bonds. The number of phenols is 1. The van der Waals surface area contributed by atoms with E-state index in [2.05, 4.69) is 13.0 Å². The van der Waals surface area contributed by atoms with Gasteiger partial charge in [-0.3, -0.25) is 0 Å². The smallest absolute Gasteiger partial charge is 0.282 e. The fourth-order valence-corrected chi connectivity index (χ4v) is 6.51. The lowest BCUT2D eigenvalue weighted by atomic mass is 9.85. The summed E-state index contributed by atoms with van der Waals surface area (Å²) in [4.78, 5) is 0. The van der Waals surface area contributed by atoms with Crippen LogP contribution in [0.2, 0.25) is 0 Å². The molecule has 0 atom stereocenters. The number of rotatable bonds is 31. The Morgan fingerprint density at radius 3 is 1.46 bits per heavy atom. The highest BCUT2D eigenvalue weighted by Gasteiger charge is 2.59. The number of hydrogen-bond acceptors (Lipinski definition) is 8. The van der Waals surface area contributed by atoms with E-state index in [0.29, 0.717) is 64.7 Å². The molecule has 0 heterocycles. The molecule has 0 aliphatic carbocycles. The summed E-state index contributed by atoms with van der Waals surface area (Å²) in [5.41, 5.74) is 1.64. The highest BCUT2D eigenvalue weighted by Crippen LogP contribution is 2.49. The molecule has 8 heteroatoms. The monoisotopic (exact) mass is 655 g/mol. The number of ether oxygens (including phenoxy) is 7. The predicted molar refractivity (Wildman–Crippen MR) is 186 cm³/mol. The van der Waals surface area contributed by atoms with Crippen molar-refractivity contribution >= 4 is 0 Å². The molecule has 1 aromatic rings. The molecule has 0 aromatic heterocycles. The second-order valence-corrected chi connectivity index (χ2v) is 11.7. The van der Waals surface area contributed by atoms with Gasteiger partial charge in [0.05, 0.1) is 5.56 Å². The molecular weight excluding hydrogens is 584 g/mol. The third-order valence-electron chi connectivity index (χ3n) is 8.29. The highest BCUT2D eigenvalue weighted by molar-refractivity contribution is 5.44. The minimum Gasteiger partial charge on any atom is -0.507 e. The number of phenolic OH excluding ortho intramolecular Hbond substituents is 1. The van der Waals surface area contributed by atoms with Crippen LogP contribution in [0.25, 0.3) is 0 Å². The van der Waals surface area contributed by atoms with E-state index in [-0.39, 0.29) is 5.75 Å². The zero-order valence-corrected chi connectivity index (χ0v) is 30.9. The molecule has 0 saturated heterocycles. The summed E-state index contributed by atoms with van der Waals surface area (Å²) in [5.74, 6) is -3.56. The quantitative estimate of drug-likeness (QED) is 0.0626. The lowest BCUT2D eigenvalue weighted by molar-refractivity contribution is -0.420. The van der Waals surface area contributed by atoms with Gasteiger partial charge in [0.1, 0.15) is 5.75 Å². The van der Waals surface area contributed by atoms with Crippen LogP contribution >= 0.6 is 0 Å². The number of aryl methyl sites for hydroxylation is 1. The third-order valence-corrected chi connectivity index (χ3v) is 8.29. The summed E-state index contributed by atoms with van der Waals surface area (Å²) in [6.45, 7) is 19.1. The van der Waals surface area contributed by atoms with Crippen molar-refractivity contribution in [2.45, 2.75) is 163 Å². The molecule has 0 spiro atoms. The molecule has 8 nitrogen and oxygen atoms in total. The van der Waals surface area contributed by atoms with Crippen LogP contribution in [0.3, 0.4) is 0 Å². The van der Waals surface area contributed by atoms with Gasteiger partial charge in [-0.2, -0.15) is 0 Å². The van der Waals surface area contributed by atoms with Crippen LogP contribution in [0.5, 0.6) is 5.75 Å². The maximum Gasteiger partial charge on any atom is 0.282 e. The average molecular weight is 655 g/mol. The zero-order valence-electron chi connectivity index (χ0n) is 30.9. The molecule has 0 saturated carbocycles. The van der Waals surface area contributed by atoms with Gasteiger partial charge in [-0.1, -0.05) is 70.4 Å². The number of hydrogen-bond donors (Lipinski definition) is 1. The van der Waals surface area contributed by atoms with Crippen molar-refractivity contribution in [3.63, 3.8) is 0 Å². The first-order chi connectivity index (χ1) is 22.3. The number of benzene rings is 1. The van der Waals surface area contributed by atoms with Crippen molar-refractivity contribution in [1.29, 1.82) is 0 Å². The minimum absolute atomic E-state index is 0.144. The summed E-state index contributed by atoms with van der Waals surface area (Å²) in [6.07, 6.45) is 14.1. The first kappa shape index (κ1) is 42.8. The molecule has 1 rings (SSSR count). The van der Waals surface area contributed by atoms with Crippen LogP contribution in [0.1, 0.15) is 150 Å². The van der Waals surface area contributed by atoms with Gasteiger partial charge in [0.15, 0.2) is 0 Å². The van der Waals surface area contributed by atoms with Gasteiger partial charge in [0.25, 0.3) is 11.8 Å². The summed E-state index contributed by atoms with van der Waals surface area (Å²) in [7, 11) is 0. The largest absolute Gasteiger partial charge is 0.507 e. The van der Waals surface area contributed by atoms with Crippen LogP contribution in [-0.2, 0) is 45.4 Å². The first-order valence-corrected chi connectivity index (χ1v) is 18.6. The zero-order chi connectivity index (χ0) is 34.2. The molecule has 0 aliphatic heterocycles. The van der Waals surface area contributed by atoms with Gasteiger partial charge in [-0.05, 0) is 85.8 Å². The van der Waals surface area contributed by atoms with E-state index in [0.717, 1.165) is 50.5 Å². The summed E-state index contributed by atoms with van der Waals surface area (Å²) >= 11 is 0. The van der Waals surface area contributed by atoms with Gasteiger partial charge >= 0.3 is 0 Å². The van der Waals surface area contributed by atoms with E-state index in [1.54, 1.807) is 6.07 Å². The third kappa shape index (κ3) is 13.0. The molecule has 270 valence electrons. The van der Waals surface area contributed by atoms with Crippen LogP contribution < -0.4 is 0 Å². The molecule has 0 unspecified atom stereocenters. The standard InChI is InChI=1S/C38H70O8/c1-9-17-18-19-20-21-24-28-33-29-27-30-34(39)35(33)38(45-15-7,46-16-8)36(40-10-2,41-11-3)31-25-22-23-26-32-37(42-12-4,43-13-5)44-14-6/h27,29-30,39H,9-26,28,31-32H2,1-8H3. The van der Waals surface area contributed by atoms with Crippen molar-refractivity contribution in [3.05, 3.63) is 29.3 Å².